The fourth-order valence-electron chi connectivity index (χ4n) is 4.11. The second-order valence-corrected chi connectivity index (χ2v) is 7.93. The van der Waals surface area contributed by atoms with Crippen LogP contribution in [0.4, 0.5) is 10.5 Å². The van der Waals surface area contributed by atoms with Crippen molar-refractivity contribution in [2.45, 2.75) is 64.8 Å². The van der Waals surface area contributed by atoms with Crippen molar-refractivity contribution in [1.82, 2.24) is 10.6 Å². The maximum Gasteiger partial charge on any atom is 0.338 e. The van der Waals surface area contributed by atoms with Crippen LogP contribution in [-0.2, 0) is 9.53 Å². The highest BCUT2D eigenvalue weighted by atomic mass is 16.5. The Morgan fingerprint density at radius 3 is 2.72 bits per heavy atom. The molecule has 1 atom stereocenters. The van der Waals surface area contributed by atoms with E-state index in [0.29, 0.717) is 30.2 Å². The SMILES string of the molecule is CCCNc1cccc(C2NC(=O)NC(CC)=C2C(=O)OCC2CCCCC2)c1. The summed E-state index contributed by atoms with van der Waals surface area (Å²) in [6, 6.07) is 7.07. The van der Waals surface area contributed by atoms with E-state index in [1.54, 1.807) is 0 Å². The van der Waals surface area contributed by atoms with Gasteiger partial charge in [-0.25, -0.2) is 9.59 Å². The second kappa shape index (κ2) is 10.3. The van der Waals surface area contributed by atoms with Crippen molar-refractivity contribution in [2.24, 2.45) is 5.92 Å². The van der Waals surface area contributed by atoms with Crippen LogP contribution < -0.4 is 16.0 Å². The fraction of sp³-hybridized carbons (Fsp3) is 0.565. The number of benzene rings is 1. The minimum atomic E-state index is -0.513. The summed E-state index contributed by atoms with van der Waals surface area (Å²) in [4.78, 5) is 25.3. The van der Waals surface area contributed by atoms with E-state index in [1.165, 1.54) is 19.3 Å². The van der Waals surface area contributed by atoms with Gasteiger partial charge in [0.25, 0.3) is 0 Å². The maximum absolute atomic E-state index is 13.1. The zero-order chi connectivity index (χ0) is 20.6. The minimum absolute atomic E-state index is 0.289. The van der Waals surface area contributed by atoms with E-state index < -0.39 is 6.04 Å². The van der Waals surface area contributed by atoms with Crippen LogP contribution >= 0.6 is 0 Å². The average Bonchev–Trinajstić information content (AvgIpc) is 2.76. The third-order valence-electron chi connectivity index (χ3n) is 5.70. The van der Waals surface area contributed by atoms with Gasteiger partial charge in [0.05, 0.1) is 18.2 Å². The van der Waals surface area contributed by atoms with Crippen molar-refractivity contribution in [3.8, 4) is 0 Å². The Morgan fingerprint density at radius 2 is 2.00 bits per heavy atom. The van der Waals surface area contributed by atoms with E-state index in [-0.39, 0.29) is 12.0 Å². The fourth-order valence-corrected chi connectivity index (χ4v) is 4.11. The molecule has 1 aromatic carbocycles. The number of ether oxygens (including phenoxy) is 1. The number of hydrogen-bond donors (Lipinski definition) is 3. The number of carbonyl (C=O) groups excluding carboxylic acids is 2. The lowest BCUT2D eigenvalue weighted by molar-refractivity contribution is -0.141. The van der Waals surface area contributed by atoms with Crippen LogP contribution in [0.1, 0.15) is 70.4 Å². The Bertz CT molecular complexity index is 753. The van der Waals surface area contributed by atoms with E-state index in [4.69, 9.17) is 4.74 Å². The first-order valence-corrected chi connectivity index (χ1v) is 10.9. The van der Waals surface area contributed by atoms with Gasteiger partial charge in [0.1, 0.15) is 0 Å². The summed E-state index contributed by atoms with van der Waals surface area (Å²) in [5.74, 6) is 0.112. The molecule has 1 aromatic rings. The summed E-state index contributed by atoms with van der Waals surface area (Å²) in [6.07, 6.45) is 7.52. The molecule has 0 saturated heterocycles. The zero-order valence-electron chi connectivity index (χ0n) is 17.6. The van der Waals surface area contributed by atoms with Crippen molar-refractivity contribution in [3.63, 3.8) is 0 Å². The van der Waals surface area contributed by atoms with Crippen LogP contribution in [-0.4, -0.2) is 25.2 Å². The lowest BCUT2D eigenvalue weighted by atomic mass is 9.90. The number of carbonyl (C=O) groups is 2. The summed E-state index contributed by atoms with van der Waals surface area (Å²) in [5, 5.41) is 9.07. The molecule has 1 heterocycles. The highest BCUT2D eigenvalue weighted by molar-refractivity contribution is 5.95. The Labute approximate surface area is 173 Å². The third kappa shape index (κ3) is 5.52. The van der Waals surface area contributed by atoms with Crippen molar-refractivity contribution in [3.05, 3.63) is 41.1 Å². The van der Waals surface area contributed by atoms with E-state index >= 15 is 0 Å². The third-order valence-corrected chi connectivity index (χ3v) is 5.70. The van der Waals surface area contributed by atoms with Gasteiger partial charge in [-0.15, -0.1) is 0 Å². The number of anilines is 1. The van der Waals surface area contributed by atoms with Crippen molar-refractivity contribution < 1.29 is 14.3 Å². The highest BCUT2D eigenvalue weighted by Crippen LogP contribution is 2.31. The molecule has 1 unspecified atom stereocenters. The molecule has 2 amide bonds. The Balaban J connectivity index is 1.81. The molecule has 2 aliphatic rings. The van der Waals surface area contributed by atoms with Gasteiger partial charge in [0.2, 0.25) is 0 Å². The number of rotatable bonds is 8. The quantitative estimate of drug-likeness (QED) is 0.556. The summed E-state index contributed by atoms with van der Waals surface area (Å²) in [6.45, 7) is 5.37. The molecule has 158 valence electrons. The van der Waals surface area contributed by atoms with Crippen molar-refractivity contribution in [2.75, 3.05) is 18.5 Å². The highest BCUT2D eigenvalue weighted by Gasteiger charge is 2.33. The van der Waals surface area contributed by atoms with Gasteiger partial charge >= 0.3 is 12.0 Å². The summed E-state index contributed by atoms with van der Waals surface area (Å²) in [7, 11) is 0. The first kappa shape index (κ1) is 21.2. The van der Waals surface area contributed by atoms with E-state index in [0.717, 1.165) is 37.1 Å². The first-order valence-electron chi connectivity index (χ1n) is 10.9. The van der Waals surface area contributed by atoms with Crippen molar-refractivity contribution >= 4 is 17.7 Å². The summed E-state index contributed by atoms with van der Waals surface area (Å²) < 4.78 is 5.73. The lowest BCUT2D eigenvalue weighted by Gasteiger charge is -2.30. The predicted octanol–water partition coefficient (Wildman–Crippen LogP) is 4.65. The van der Waals surface area contributed by atoms with Gasteiger partial charge in [-0.05, 0) is 49.3 Å². The van der Waals surface area contributed by atoms with Crippen LogP contribution in [0.2, 0.25) is 0 Å². The number of esters is 1. The minimum Gasteiger partial charge on any atom is -0.462 e. The number of allylic oxidation sites excluding steroid dienone is 1. The molecule has 29 heavy (non-hydrogen) atoms. The molecule has 1 aliphatic heterocycles. The first-order chi connectivity index (χ1) is 14.1. The van der Waals surface area contributed by atoms with Gasteiger partial charge < -0.3 is 20.7 Å². The summed E-state index contributed by atoms with van der Waals surface area (Å²) >= 11 is 0. The lowest BCUT2D eigenvalue weighted by Crippen LogP contribution is -2.46. The molecule has 0 aromatic heterocycles. The predicted molar refractivity (Wildman–Crippen MR) is 114 cm³/mol. The molecule has 1 saturated carbocycles. The number of nitrogens with one attached hydrogen (secondary N) is 3. The van der Waals surface area contributed by atoms with Crippen LogP contribution in [0.25, 0.3) is 0 Å². The molecule has 3 rings (SSSR count). The van der Waals surface area contributed by atoms with E-state index in [2.05, 4.69) is 22.9 Å². The van der Waals surface area contributed by atoms with Gasteiger partial charge in [0, 0.05) is 17.9 Å². The number of hydrogen-bond acceptors (Lipinski definition) is 4. The van der Waals surface area contributed by atoms with Crippen LogP contribution in [0.15, 0.2) is 35.5 Å². The molecular formula is C23H33N3O3. The van der Waals surface area contributed by atoms with E-state index in [9.17, 15) is 9.59 Å². The molecule has 0 bridgehead atoms. The van der Waals surface area contributed by atoms with E-state index in [1.807, 2.05) is 31.2 Å². The Kier molecular flexibility index (Phi) is 7.55. The number of urea groups is 1. The topological polar surface area (TPSA) is 79.5 Å². The normalized spacial score (nSPS) is 20.1. The monoisotopic (exact) mass is 399 g/mol. The average molecular weight is 400 g/mol. The van der Waals surface area contributed by atoms with Crippen LogP contribution in [0.5, 0.6) is 0 Å². The molecule has 1 fully saturated rings. The second-order valence-electron chi connectivity index (χ2n) is 7.93. The van der Waals surface area contributed by atoms with Crippen LogP contribution in [0.3, 0.4) is 0 Å². The smallest absolute Gasteiger partial charge is 0.338 e. The molecular weight excluding hydrogens is 366 g/mol. The Hall–Kier alpha value is -2.50. The molecule has 6 heteroatoms. The van der Waals surface area contributed by atoms with Crippen LogP contribution in [0, 0.1) is 5.92 Å². The van der Waals surface area contributed by atoms with Crippen molar-refractivity contribution in [1.29, 1.82) is 0 Å². The number of amides is 2. The van der Waals surface area contributed by atoms with Gasteiger partial charge in [-0.2, -0.15) is 0 Å². The largest absolute Gasteiger partial charge is 0.462 e. The molecule has 6 nitrogen and oxygen atoms in total. The van der Waals surface area contributed by atoms with Gasteiger partial charge in [0.15, 0.2) is 0 Å². The molecule has 3 N–H and O–H groups in total. The molecule has 0 spiro atoms. The zero-order valence-corrected chi connectivity index (χ0v) is 17.6. The molecule has 0 radical (unpaired) electrons. The standard InChI is InChI=1S/C23H33N3O3/c1-3-13-24-18-12-8-11-17(14-18)21-20(19(4-2)25-23(28)26-21)22(27)29-15-16-9-6-5-7-10-16/h8,11-12,14,16,21,24H,3-7,9-10,13,15H2,1-2H3,(H2,25,26,28). The summed E-state index contributed by atoms with van der Waals surface area (Å²) in [5.41, 5.74) is 3.00. The van der Waals surface area contributed by atoms with Gasteiger partial charge in [-0.1, -0.05) is 45.2 Å². The maximum atomic E-state index is 13.1. The Morgan fingerprint density at radius 1 is 1.21 bits per heavy atom. The van der Waals surface area contributed by atoms with Gasteiger partial charge in [-0.3, -0.25) is 0 Å². The molecule has 1 aliphatic carbocycles.